The minimum Gasteiger partial charge on any atom is -0.351 e. The molecule has 3 rings (SSSR count). The third-order valence-electron chi connectivity index (χ3n) is 3.88. The van der Waals surface area contributed by atoms with Crippen LogP contribution in [-0.4, -0.2) is 28.6 Å². The van der Waals surface area contributed by atoms with Crippen LogP contribution in [0.3, 0.4) is 0 Å². The maximum absolute atomic E-state index is 13.4. The molecule has 1 aromatic carbocycles. The van der Waals surface area contributed by atoms with Crippen LogP contribution in [0.25, 0.3) is 0 Å². The molecule has 126 valence electrons. The van der Waals surface area contributed by atoms with Crippen molar-refractivity contribution in [2.45, 2.75) is 31.7 Å². The number of hydrogen-bond donors (Lipinski definition) is 3. The predicted molar refractivity (Wildman–Crippen MR) is 85.8 cm³/mol. The number of aromatic nitrogens is 2. The van der Waals surface area contributed by atoms with E-state index in [1.165, 1.54) is 31.0 Å². The first-order valence-corrected chi connectivity index (χ1v) is 7.97. The lowest BCUT2D eigenvalue weighted by atomic mass is 10.2. The van der Waals surface area contributed by atoms with Crippen LogP contribution in [0.15, 0.2) is 30.3 Å². The minimum absolute atomic E-state index is 0.0250. The molecule has 24 heavy (non-hydrogen) atoms. The molecule has 7 heteroatoms. The van der Waals surface area contributed by atoms with E-state index >= 15 is 0 Å². The maximum atomic E-state index is 13.4. The third-order valence-corrected chi connectivity index (χ3v) is 3.88. The maximum Gasteiger partial charge on any atom is 0.254 e. The normalized spacial score (nSPS) is 13.5. The Kier molecular flexibility index (Phi) is 4.88. The largest absolute Gasteiger partial charge is 0.351 e. The molecular formula is C17H19FN4O2. The molecule has 0 bridgehead atoms. The minimum atomic E-state index is -0.579. The summed E-state index contributed by atoms with van der Waals surface area (Å²) < 4.78 is 13.4. The third kappa shape index (κ3) is 4.18. The van der Waals surface area contributed by atoms with Gasteiger partial charge in [0.25, 0.3) is 5.91 Å². The number of nitrogens with one attached hydrogen (secondary N) is 3. The molecule has 3 N–H and O–H groups in total. The first-order valence-electron chi connectivity index (χ1n) is 7.97. The molecule has 0 unspecified atom stereocenters. The van der Waals surface area contributed by atoms with Crippen LogP contribution in [0.2, 0.25) is 0 Å². The summed E-state index contributed by atoms with van der Waals surface area (Å²) in [6.07, 6.45) is 2.49. The molecule has 0 atom stereocenters. The molecule has 2 aromatic rings. The van der Waals surface area contributed by atoms with Crippen LogP contribution < -0.4 is 10.6 Å². The predicted octanol–water partition coefficient (Wildman–Crippen LogP) is 1.86. The van der Waals surface area contributed by atoms with Gasteiger partial charge in [0.2, 0.25) is 5.91 Å². The molecule has 1 aliphatic rings. The number of H-pyrrole nitrogens is 1. The van der Waals surface area contributed by atoms with E-state index in [-0.39, 0.29) is 24.4 Å². The van der Waals surface area contributed by atoms with Gasteiger partial charge in [0, 0.05) is 18.9 Å². The molecule has 1 fully saturated rings. The van der Waals surface area contributed by atoms with Gasteiger partial charge in [-0.3, -0.25) is 14.7 Å². The zero-order valence-corrected chi connectivity index (χ0v) is 13.1. The van der Waals surface area contributed by atoms with Crippen molar-refractivity contribution in [3.05, 3.63) is 53.1 Å². The molecule has 6 nitrogen and oxygen atoms in total. The van der Waals surface area contributed by atoms with Gasteiger partial charge in [-0.05, 0) is 31.0 Å². The molecule has 0 radical (unpaired) electrons. The number of carbonyl (C=O) groups is 2. The lowest BCUT2D eigenvalue weighted by Crippen LogP contribution is -2.31. The fourth-order valence-electron chi connectivity index (χ4n) is 2.37. The van der Waals surface area contributed by atoms with E-state index in [0.717, 1.165) is 11.4 Å². The summed E-state index contributed by atoms with van der Waals surface area (Å²) in [5.74, 6) is -0.723. The summed E-state index contributed by atoms with van der Waals surface area (Å²) in [6, 6.07) is 7.70. The number of rotatable bonds is 7. The Morgan fingerprint density at radius 1 is 1.25 bits per heavy atom. The lowest BCUT2D eigenvalue weighted by Gasteiger charge is -2.06. The molecule has 1 saturated carbocycles. The van der Waals surface area contributed by atoms with Crippen LogP contribution >= 0.6 is 0 Å². The molecule has 1 aliphatic carbocycles. The van der Waals surface area contributed by atoms with E-state index in [4.69, 9.17) is 0 Å². The van der Waals surface area contributed by atoms with Crippen molar-refractivity contribution in [1.82, 2.24) is 20.8 Å². The topological polar surface area (TPSA) is 86.9 Å². The van der Waals surface area contributed by atoms with Crippen LogP contribution in [0.1, 0.15) is 46.9 Å². The van der Waals surface area contributed by atoms with Crippen molar-refractivity contribution in [3.8, 4) is 0 Å². The number of aromatic amines is 1. The average molecular weight is 330 g/mol. The number of benzene rings is 1. The zero-order valence-electron chi connectivity index (χ0n) is 13.1. The summed E-state index contributed by atoms with van der Waals surface area (Å²) in [5, 5.41) is 12.4. The number of amides is 2. The highest BCUT2D eigenvalue weighted by Gasteiger charge is 2.26. The molecule has 1 heterocycles. The van der Waals surface area contributed by atoms with E-state index in [9.17, 15) is 14.0 Å². The molecule has 1 aromatic heterocycles. The standard InChI is InChI=1S/C17H19FN4O2/c18-14-4-2-1-3-13(14)17(24)19-8-7-16(23)20-10-12-9-15(22-21-12)11-5-6-11/h1-4,9,11H,5-8,10H2,(H,19,24)(H,20,23)(H,21,22). The van der Waals surface area contributed by atoms with Gasteiger partial charge in [0.05, 0.1) is 23.5 Å². The highest BCUT2D eigenvalue weighted by Crippen LogP contribution is 2.38. The Balaban J connectivity index is 1.37. The number of halogens is 1. The van der Waals surface area contributed by atoms with E-state index in [2.05, 4.69) is 20.8 Å². The van der Waals surface area contributed by atoms with Crippen molar-refractivity contribution in [2.75, 3.05) is 6.54 Å². The molecule has 0 saturated heterocycles. The van der Waals surface area contributed by atoms with Crippen molar-refractivity contribution in [2.24, 2.45) is 0 Å². The van der Waals surface area contributed by atoms with Crippen LogP contribution in [0, 0.1) is 5.82 Å². The molecule has 2 amide bonds. The van der Waals surface area contributed by atoms with Crippen LogP contribution in [-0.2, 0) is 11.3 Å². The SMILES string of the molecule is O=C(CCNC(=O)c1ccccc1F)NCc1cc(C2CC2)n[nH]1. The molecule has 0 aliphatic heterocycles. The van der Waals surface area contributed by atoms with E-state index in [0.29, 0.717) is 12.5 Å². The Morgan fingerprint density at radius 2 is 2.04 bits per heavy atom. The molecular weight excluding hydrogens is 311 g/mol. The van der Waals surface area contributed by atoms with Gasteiger partial charge in [-0.2, -0.15) is 5.10 Å². The summed E-state index contributed by atoms with van der Waals surface area (Å²) in [4.78, 5) is 23.6. The van der Waals surface area contributed by atoms with E-state index < -0.39 is 11.7 Å². The second-order valence-corrected chi connectivity index (χ2v) is 5.85. The van der Waals surface area contributed by atoms with Crippen LogP contribution in [0.4, 0.5) is 4.39 Å². The van der Waals surface area contributed by atoms with Crippen molar-refractivity contribution < 1.29 is 14.0 Å². The van der Waals surface area contributed by atoms with Gasteiger partial charge < -0.3 is 10.6 Å². The van der Waals surface area contributed by atoms with Gasteiger partial charge in [0.1, 0.15) is 5.82 Å². The number of nitrogens with zero attached hydrogens (tertiary/aromatic N) is 1. The van der Waals surface area contributed by atoms with Gasteiger partial charge >= 0.3 is 0 Å². The molecule has 0 spiro atoms. The van der Waals surface area contributed by atoms with Crippen molar-refractivity contribution in [1.29, 1.82) is 0 Å². The first-order chi connectivity index (χ1) is 11.6. The monoisotopic (exact) mass is 330 g/mol. The Morgan fingerprint density at radius 3 is 2.79 bits per heavy atom. The van der Waals surface area contributed by atoms with Crippen LogP contribution in [0.5, 0.6) is 0 Å². The zero-order chi connectivity index (χ0) is 16.9. The summed E-state index contributed by atoms with van der Waals surface area (Å²) >= 11 is 0. The number of hydrogen-bond acceptors (Lipinski definition) is 3. The van der Waals surface area contributed by atoms with Gasteiger partial charge in [-0.25, -0.2) is 4.39 Å². The summed E-state index contributed by atoms with van der Waals surface area (Å²) in [5.41, 5.74) is 1.89. The quantitative estimate of drug-likeness (QED) is 0.724. The fraction of sp³-hybridized carbons (Fsp3) is 0.353. The number of carbonyl (C=O) groups excluding carboxylic acids is 2. The highest BCUT2D eigenvalue weighted by atomic mass is 19.1. The Labute approximate surface area is 138 Å². The summed E-state index contributed by atoms with van der Waals surface area (Å²) in [6.45, 7) is 0.523. The second-order valence-electron chi connectivity index (χ2n) is 5.85. The van der Waals surface area contributed by atoms with Gasteiger partial charge in [-0.15, -0.1) is 0 Å². The summed E-state index contributed by atoms with van der Waals surface area (Å²) in [7, 11) is 0. The lowest BCUT2D eigenvalue weighted by molar-refractivity contribution is -0.121. The van der Waals surface area contributed by atoms with Crippen molar-refractivity contribution in [3.63, 3.8) is 0 Å². The highest BCUT2D eigenvalue weighted by molar-refractivity contribution is 5.94. The van der Waals surface area contributed by atoms with Gasteiger partial charge in [0.15, 0.2) is 0 Å². The average Bonchev–Trinajstić information content (AvgIpc) is 3.32. The van der Waals surface area contributed by atoms with E-state index in [1.54, 1.807) is 6.07 Å². The Bertz CT molecular complexity index is 740. The van der Waals surface area contributed by atoms with Crippen molar-refractivity contribution >= 4 is 11.8 Å². The fourth-order valence-corrected chi connectivity index (χ4v) is 2.37. The van der Waals surface area contributed by atoms with E-state index in [1.807, 2.05) is 6.07 Å². The Hall–Kier alpha value is -2.70. The van der Waals surface area contributed by atoms with Gasteiger partial charge in [-0.1, -0.05) is 12.1 Å². The second kappa shape index (κ2) is 7.25. The smallest absolute Gasteiger partial charge is 0.254 e. The first kappa shape index (κ1) is 16.2.